The van der Waals surface area contributed by atoms with Crippen LogP contribution in [0.3, 0.4) is 0 Å². The number of nitrogens with zero attached hydrogens (tertiary/aromatic N) is 2. The fourth-order valence-corrected chi connectivity index (χ4v) is 1.90. The summed E-state index contributed by atoms with van der Waals surface area (Å²) in [7, 11) is 3.37. The van der Waals surface area contributed by atoms with Gasteiger partial charge in [-0.1, -0.05) is 13.8 Å². The van der Waals surface area contributed by atoms with Gasteiger partial charge in [0.15, 0.2) is 11.6 Å². The fraction of sp³-hybridized carbons (Fsp3) is 0.333. The number of nitrogens with one attached hydrogen (secondary N) is 1. The summed E-state index contributed by atoms with van der Waals surface area (Å²) in [6, 6.07) is 5.67. The van der Waals surface area contributed by atoms with Gasteiger partial charge in [0, 0.05) is 12.6 Å². The molecule has 6 heteroatoms. The highest BCUT2D eigenvalue weighted by Crippen LogP contribution is 2.34. The number of hydrogen-bond acceptors (Lipinski definition) is 6. The first kappa shape index (κ1) is 14.9. The molecule has 2 rings (SSSR count). The molecule has 0 aliphatic heterocycles. The Bertz CT molecular complexity index is 629. The molecular formula is C15H20N4O2. The van der Waals surface area contributed by atoms with E-state index in [4.69, 9.17) is 15.2 Å². The van der Waals surface area contributed by atoms with Crippen molar-refractivity contribution in [1.29, 1.82) is 0 Å². The molecule has 0 unspecified atom stereocenters. The molecule has 1 aromatic carbocycles. The van der Waals surface area contributed by atoms with E-state index in [0.717, 1.165) is 17.1 Å². The molecule has 1 heterocycles. The molecule has 0 aliphatic rings. The van der Waals surface area contributed by atoms with E-state index in [1.165, 1.54) is 0 Å². The van der Waals surface area contributed by atoms with Gasteiger partial charge in [-0.3, -0.25) is 0 Å². The van der Waals surface area contributed by atoms with E-state index >= 15 is 0 Å². The standard InChI is InChI=1S/C15H20N4O2/c1-9(2)11-7-10(20-4)5-6-12(11)21-13-8-18-15(17-3)19-14(13)16/h5-9H,1-4H3,(H3,16,17,18,19). The second-order valence-corrected chi connectivity index (χ2v) is 4.85. The lowest BCUT2D eigenvalue weighted by Crippen LogP contribution is -2.03. The monoisotopic (exact) mass is 288 g/mol. The van der Waals surface area contributed by atoms with Crippen LogP contribution >= 0.6 is 0 Å². The molecule has 0 fully saturated rings. The smallest absolute Gasteiger partial charge is 0.224 e. The summed E-state index contributed by atoms with van der Waals surface area (Å²) in [5.74, 6) is 2.98. The van der Waals surface area contributed by atoms with Crippen LogP contribution in [0.4, 0.5) is 11.8 Å². The third kappa shape index (κ3) is 3.34. The van der Waals surface area contributed by atoms with Gasteiger partial charge in [-0.25, -0.2) is 4.98 Å². The van der Waals surface area contributed by atoms with Crippen LogP contribution in [-0.2, 0) is 0 Å². The van der Waals surface area contributed by atoms with Crippen LogP contribution < -0.4 is 20.5 Å². The second-order valence-electron chi connectivity index (χ2n) is 4.85. The highest BCUT2D eigenvalue weighted by Gasteiger charge is 2.13. The Kier molecular flexibility index (Phi) is 4.47. The van der Waals surface area contributed by atoms with Crippen LogP contribution in [0.15, 0.2) is 24.4 Å². The number of nitrogen functional groups attached to an aromatic ring is 1. The molecule has 112 valence electrons. The molecule has 21 heavy (non-hydrogen) atoms. The van der Waals surface area contributed by atoms with Crippen LogP contribution in [0.2, 0.25) is 0 Å². The van der Waals surface area contributed by atoms with Crippen molar-refractivity contribution in [1.82, 2.24) is 9.97 Å². The van der Waals surface area contributed by atoms with Gasteiger partial charge < -0.3 is 20.5 Å². The zero-order valence-electron chi connectivity index (χ0n) is 12.7. The highest BCUT2D eigenvalue weighted by molar-refractivity contribution is 5.52. The number of nitrogens with two attached hydrogens (primary N) is 1. The van der Waals surface area contributed by atoms with Crippen molar-refractivity contribution in [2.75, 3.05) is 25.2 Å². The van der Waals surface area contributed by atoms with Gasteiger partial charge in [0.2, 0.25) is 5.95 Å². The number of anilines is 2. The molecule has 0 spiro atoms. The minimum Gasteiger partial charge on any atom is -0.497 e. The van der Waals surface area contributed by atoms with Crippen molar-refractivity contribution in [2.45, 2.75) is 19.8 Å². The number of ether oxygens (including phenoxy) is 2. The molecule has 0 amide bonds. The van der Waals surface area contributed by atoms with Crippen LogP contribution in [0.5, 0.6) is 17.2 Å². The summed E-state index contributed by atoms with van der Waals surface area (Å²) in [5.41, 5.74) is 6.92. The lowest BCUT2D eigenvalue weighted by molar-refractivity contribution is 0.411. The molecule has 0 radical (unpaired) electrons. The van der Waals surface area contributed by atoms with E-state index < -0.39 is 0 Å². The molecule has 3 N–H and O–H groups in total. The summed E-state index contributed by atoms with van der Waals surface area (Å²) < 4.78 is 11.1. The Morgan fingerprint density at radius 2 is 2.00 bits per heavy atom. The Labute approximate surface area is 124 Å². The van der Waals surface area contributed by atoms with Crippen molar-refractivity contribution in [3.05, 3.63) is 30.0 Å². The molecule has 0 aliphatic carbocycles. The predicted molar refractivity (Wildman–Crippen MR) is 83.1 cm³/mol. The van der Waals surface area contributed by atoms with Gasteiger partial charge >= 0.3 is 0 Å². The van der Waals surface area contributed by atoms with Crippen LogP contribution in [0, 0.1) is 0 Å². The minimum absolute atomic E-state index is 0.286. The average molecular weight is 288 g/mol. The largest absolute Gasteiger partial charge is 0.497 e. The summed E-state index contributed by atoms with van der Waals surface area (Å²) in [4.78, 5) is 8.21. The van der Waals surface area contributed by atoms with Crippen molar-refractivity contribution in [3.63, 3.8) is 0 Å². The van der Waals surface area contributed by atoms with Crippen molar-refractivity contribution in [2.24, 2.45) is 0 Å². The zero-order chi connectivity index (χ0) is 15.4. The average Bonchev–Trinajstić information content (AvgIpc) is 2.49. The Morgan fingerprint density at radius 3 is 2.57 bits per heavy atom. The lowest BCUT2D eigenvalue weighted by atomic mass is 10.0. The fourth-order valence-electron chi connectivity index (χ4n) is 1.90. The van der Waals surface area contributed by atoms with E-state index in [2.05, 4.69) is 29.1 Å². The van der Waals surface area contributed by atoms with E-state index in [1.807, 2.05) is 18.2 Å². The first-order valence-corrected chi connectivity index (χ1v) is 6.71. The van der Waals surface area contributed by atoms with Gasteiger partial charge in [0.1, 0.15) is 11.5 Å². The molecule has 6 nitrogen and oxygen atoms in total. The maximum Gasteiger partial charge on any atom is 0.224 e. The van der Waals surface area contributed by atoms with Gasteiger partial charge in [0.25, 0.3) is 0 Å². The van der Waals surface area contributed by atoms with E-state index in [0.29, 0.717) is 17.5 Å². The van der Waals surface area contributed by atoms with Crippen LogP contribution in [-0.4, -0.2) is 24.1 Å². The molecule has 2 aromatic rings. The van der Waals surface area contributed by atoms with Gasteiger partial charge in [-0.15, -0.1) is 0 Å². The quantitative estimate of drug-likeness (QED) is 0.880. The molecule has 0 bridgehead atoms. The highest BCUT2D eigenvalue weighted by atomic mass is 16.5. The first-order valence-electron chi connectivity index (χ1n) is 6.71. The summed E-state index contributed by atoms with van der Waals surface area (Å²) in [6.07, 6.45) is 1.56. The third-order valence-electron chi connectivity index (χ3n) is 3.07. The first-order chi connectivity index (χ1) is 10.0. The number of methoxy groups -OCH3 is 1. The SMILES string of the molecule is CNc1ncc(Oc2ccc(OC)cc2C(C)C)c(N)n1. The third-order valence-corrected chi connectivity index (χ3v) is 3.07. The van der Waals surface area contributed by atoms with Gasteiger partial charge in [0.05, 0.1) is 13.3 Å². The second kappa shape index (κ2) is 6.30. The van der Waals surface area contributed by atoms with Gasteiger partial charge in [-0.05, 0) is 24.1 Å². The normalized spacial score (nSPS) is 10.5. The summed E-state index contributed by atoms with van der Waals surface area (Å²) in [6.45, 7) is 4.18. The van der Waals surface area contributed by atoms with Crippen molar-refractivity contribution < 1.29 is 9.47 Å². The number of hydrogen-bond donors (Lipinski definition) is 2. The van der Waals surface area contributed by atoms with Crippen molar-refractivity contribution in [3.8, 4) is 17.2 Å². The Hall–Kier alpha value is -2.50. The number of benzene rings is 1. The lowest BCUT2D eigenvalue weighted by Gasteiger charge is -2.15. The van der Waals surface area contributed by atoms with Crippen molar-refractivity contribution >= 4 is 11.8 Å². The van der Waals surface area contributed by atoms with E-state index in [1.54, 1.807) is 20.4 Å². The number of aromatic nitrogens is 2. The van der Waals surface area contributed by atoms with E-state index in [9.17, 15) is 0 Å². The predicted octanol–water partition coefficient (Wildman–Crippen LogP) is 3.02. The van der Waals surface area contributed by atoms with Crippen LogP contribution in [0.25, 0.3) is 0 Å². The summed E-state index contributed by atoms with van der Waals surface area (Å²) in [5, 5.41) is 2.83. The Morgan fingerprint density at radius 1 is 1.24 bits per heavy atom. The minimum atomic E-state index is 0.286. The molecular weight excluding hydrogens is 268 g/mol. The maximum atomic E-state index is 5.89. The Balaban J connectivity index is 2.35. The molecule has 0 saturated heterocycles. The molecule has 0 saturated carbocycles. The molecule has 1 aromatic heterocycles. The van der Waals surface area contributed by atoms with Gasteiger partial charge in [-0.2, -0.15) is 4.98 Å². The topological polar surface area (TPSA) is 82.3 Å². The zero-order valence-corrected chi connectivity index (χ0v) is 12.7. The maximum absolute atomic E-state index is 5.89. The van der Waals surface area contributed by atoms with Crippen LogP contribution in [0.1, 0.15) is 25.3 Å². The van der Waals surface area contributed by atoms with E-state index in [-0.39, 0.29) is 5.92 Å². The summed E-state index contributed by atoms with van der Waals surface area (Å²) >= 11 is 0. The number of rotatable bonds is 5. The molecule has 0 atom stereocenters.